The smallest absolute Gasteiger partial charge is 0.254 e. The highest BCUT2D eigenvalue weighted by atomic mass is 16.1. The summed E-state index contributed by atoms with van der Waals surface area (Å²) in [7, 11) is 1.81. The molecular weight excluding hydrogens is 242 g/mol. The van der Waals surface area contributed by atoms with Gasteiger partial charge in [0.15, 0.2) is 0 Å². The Bertz CT molecular complexity index is 569. The third-order valence-electron chi connectivity index (χ3n) is 2.88. The standard InChI is InChI=1S/C13H19N5O/c1-10-5-8-18(15-10)7-4-6-14-13(19)12-9-17(3)16-11(12)2/h5,8-9H,4,6-7H2,1-3H3,(H,14,19). The van der Waals surface area contributed by atoms with Crippen molar-refractivity contribution in [2.75, 3.05) is 6.54 Å². The van der Waals surface area contributed by atoms with E-state index in [2.05, 4.69) is 15.5 Å². The van der Waals surface area contributed by atoms with Crippen molar-refractivity contribution in [1.82, 2.24) is 24.9 Å². The second kappa shape index (κ2) is 5.69. The minimum absolute atomic E-state index is 0.0674. The summed E-state index contributed by atoms with van der Waals surface area (Å²) in [6, 6.07) is 1.97. The summed E-state index contributed by atoms with van der Waals surface area (Å²) in [5.41, 5.74) is 2.40. The molecule has 0 atom stereocenters. The number of rotatable bonds is 5. The van der Waals surface area contributed by atoms with Crippen molar-refractivity contribution in [3.05, 3.63) is 35.4 Å². The van der Waals surface area contributed by atoms with Crippen LogP contribution in [-0.2, 0) is 13.6 Å². The van der Waals surface area contributed by atoms with E-state index in [0.717, 1.165) is 24.4 Å². The predicted molar refractivity (Wildman–Crippen MR) is 71.9 cm³/mol. The van der Waals surface area contributed by atoms with E-state index in [0.29, 0.717) is 12.1 Å². The van der Waals surface area contributed by atoms with Crippen molar-refractivity contribution in [3.63, 3.8) is 0 Å². The lowest BCUT2D eigenvalue weighted by atomic mass is 10.2. The molecule has 2 aromatic heterocycles. The van der Waals surface area contributed by atoms with E-state index in [1.807, 2.05) is 37.8 Å². The van der Waals surface area contributed by atoms with Crippen LogP contribution < -0.4 is 5.32 Å². The Hall–Kier alpha value is -2.11. The first-order valence-electron chi connectivity index (χ1n) is 6.35. The van der Waals surface area contributed by atoms with E-state index in [1.54, 1.807) is 10.9 Å². The molecule has 0 saturated carbocycles. The highest BCUT2D eigenvalue weighted by molar-refractivity contribution is 5.94. The van der Waals surface area contributed by atoms with Gasteiger partial charge in [0.25, 0.3) is 5.91 Å². The maximum absolute atomic E-state index is 11.9. The van der Waals surface area contributed by atoms with Crippen molar-refractivity contribution in [2.45, 2.75) is 26.8 Å². The SMILES string of the molecule is Cc1ccn(CCCNC(=O)c2cn(C)nc2C)n1. The fourth-order valence-corrected chi connectivity index (χ4v) is 1.95. The third kappa shape index (κ3) is 3.43. The Morgan fingerprint density at radius 2 is 2.16 bits per heavy atom. The van der Waals surface area contributed by atoms with Gasteiger partial charge in [-0.1, -0.05) is 0 Å². The molecule has 0 radical (unpaired) electrons. The van der Waals surface area contributed by atoms with Crippen molar-refractivity contribution in [1.29, 1.82) is 0 Å². The summed E-state index contributed by atoms with van der Waals surface area (Å²) in [6.45, 7) is 5.23. The molecule has 1 amide bonds. The van der Waals surface area contributed by atoms with Gasteiger partial charge in [0.05, 0.1) is 17.0 Å². The number of nitrogens with zero attached hydrogens (tertiary/aromatic N) is 4. The number of aromatic nitrogens is 4. The summed E-state index contributed by atoms with van der Waals surface area (Å²) in [5, 5.41) is 11.3. The maximum atomic E-state index is 11.9. The van der Waals surface area contributed by atoms with Crippen LogP contribution in [0.1, 0.15) is 28.2 Å². The van der Waals surface area contributed by atoms with E-state index < -0.39 is 0 Å². The molecule has 0 fully saturated rings. The molecule has 102 valence electrons. The van der Waals surface area contributed by atoms with Crippen molar-refractivity contribution in [3.8, 4) is 0 Å². The number of hydrogen-bond donors (Lipinski definition) is 1. The summed E-state index contributed by atoms with van der Waals surface area (Å²) in [4.78, 5) is 11.9. The first-order valence-corrected chi connectivity index (χ1v) is 6.35. The topological polar surface area (TPSA) is 64.7 Å². The Morgan fingerprint density at radius 1 is 1.37 bits per heavy atom. The normalized spacial score (nSPS) is 10.7. The zero-order valence-electron chi connectivity index (χ0n) is 11.6. The van der Waals surface area contributed by atoms with Crippen LogP contribution in [-0.4, -0.2) is 32.0 Å². The maximum Gasteiger partial charge on any atom is 0.254 e. The molecule has 19 heavy (non-hydrogen) atoms. The van der Waals surface area contributed by atoms with Crippen LogP contribution in [0, 0.1) is 13.8 Å². The Labute approximate surface area is 112 Å². The summed E-state index contributed by atoms with van der Waals surface area (Å²) >= 11 is 0. The Morgan fingerprint density at radius 3 is 2.74 bits per heavy atom. The molecule has 1 N–H and O–H groups in total. The summed E-state index contributed by atoms with van der Waals surface area (Å²) in [5.74, 6) is -0.0674. The van der Waals surface area contributed by atoms with E-state index >= 15 is 0 Å². The number of aryl methyl sites for hydroxylation is 4. The Balaban J connectivity index is 1.77. The van der Waals surface area contributed by atoms with Gasteiger partial charge in [-0.15, -0.1) is 0 Å². The molecular formula is C13H19N5O. The van der Waals surface area contributed by atoms with Crippen molar-refractivity contribution in [2.24, 2.45) is 7.05 Å². The number of amides is 1. The number of carbonyl (C=O) groups is 1. The van der Waals surface area contributed by atoms with E-state index in [4.69, 9.17) is 0 Å². The molecule has 2 heterocycles. The molecule has 0 spiro atoms. The molecule has 0 unspecified atom stereocenters. The zero-order valence-corrected chi connectivity index (χ0v) is 11.6. The highest BCUT2D eigenvalue weighted by Crippen LogP contribution is 2.04. The minimum Gasteiger partial charge on any atom is -0.352 e. The fraction of sp³-hybridized carbons (Fsp3) is 0.462. The molecule has 0 aromatic carbocycles. The lowest BCUT2D eigenvalue weighted by Gasteiger charge is -2.04. The monoisotopic (exact) mass is 261 g/mol. The van der Waals surface area contributed by atoms with Gasteiger partial charge in [-0.3, -0.25) is 14.2 Å². The van der Waals surface area contributed by atoms with E-state index in [9.17, 15) is 4.79 Å². The Kier molecular flexibility index (Phi) is 3.99. The molecule has 0 aliphatic rings. The van der Waals surface area contributed by atoms with Gasteiger partial charge in [-0.25, -0.2) is 0 Å². The average Bonchev–Trinajstić information content (AvgIpc) is 2.90. The summed E-state index contributed by atoms with van der Waals surface area (Å²) < 4.78 is 3.54. The van der Waals surface area contributed by atoms with Crippen LogP contribution in [0.25, 0.3) is 0 Å². The van der Waals surface area contributed by atoms with Gasteiger partial charge in [0.2, 0.25) is 0 Å². The fourth-order valence-electron chi connectivity index (χ4n) is 1.95. The van der Waals surface area contributed by atoms with Gasteiger partial charge in [-0.2, -0.15) is 10.2 Å². The van der Waals surface area contributed by atoms with Crippen LogP contribution in [0.2, 0.25) is 0 Å². The highest BCUT2D eigenvalue weighted by Gasteiger charge is 2.11. The first kappa shape index (κ1) is 13.3. The number of nitrogens with one attached hydrogen (secondary N) is 1. The zero-order chi connectivity index (χ0) is 13.8. The largest absolute Gasteiger partial charge is 0.352 e. The summed E-state index contributed by atoms with van der Waals surface area (Å²) in [6.07, 6.45) is 4.54. The van der Waals surface area contributed by atoms with Crippen LogP contribution >= 0.6 is 0 Å². The quantitative estimate of drug-likeness (QED) is 0.818. The van der Waals surface area contributed by atoms with Gasteiger partial charge < -0.3 is 5.32 Å². The third-order valence-corrected chi connectivity index (χ3v) is 2.88. The number of carbonyl (C=O) groups excluding carboxylic acids is 1. The minimum atomic E-state index is -0.0674. The van der Waals surface area contributed by atoms with Crippen LogP contribution in [0.4, 0.5) is 0 Å². The van der Waals surface area contributed by atoms with Crippen molar-refractivity contribution >= 4 is 5.91 Å². The molecule has 2 rings (SSSR count). The first-order chi connectivity index (χ1) is 9.06. The van der Waals surface area contributed by atoms with Gasteiger partial charge in [0, 0.05) is 32.5 Å². The lowest BCUT2D eigenvalue weighted by Crippen LogP contribution is -2.25. The van der Waals surface area contributed by atoms with Crippen LogP contribution in [0.3, 0.4) is 0 Å². The molecule has 0 saturated heterocycles. The molecule has 6 heteroatoms. The van der Waals surface area contributed by atoms with Crippen LogP contribution in [0.5, 0.6) is 0 Å². The molecule has 6 nitrogen and oxygen atoms in total. The molecule has 2 aromatic rings. The van der Waals surface area contributed by atoms with Gasteiger partial charge >= 0.3 is 0 Å². The van der Waals surface area contributed by atoms with E-state index in [-0.39, 0.29) is 5.91 Å². The van der Waals surface area contributed by atoms with Crippen LogP contribution in [0.15, 0.2) is 18.5 Å². The number of hydrogen-bond acceptors (Lipinski definition) is 3. The average molecular weight is 261 g/mol. The van der Waals surface area contributed by atoms with E-state index in [1.165, 1.54) is 0 Å². The van der Waals surface area contributed by atoms with Gasteiger partial charge in [0.1, 0.15) is 0 Å². The molecule has 0 aliphatic heterocycles. The van der Waals surface area contributed by atoms with Gasteiger partial charge in [-0.05, 0) is 26.3 Å². The molecule has 0 aliphatic carbocycles. The predicted octanol–water partition coefficient (Wildman–Crippen LogP) is 1.05. The lowest BCUT2D eigenvalue weighted by molar-refractivity contribution is 0.0952. The molecule has 0 bridgehead atoms. The second-order valence-corrected chi connectivity index (χ2v) is 4.63. The second-order valence-electron chi connectivity index (χ2n) is 4.63. The van der Waals surface area contributed by atoms with Crippen molar-refractivity contribution < 1.29 is 4.79 Å².